The highest BCUT2D eigenvalue weighted by atomic mass is 32.2. The Kier molecular flexibility index (Phi) is 36.0. The molecule has 2 fully saturated rings. The fourth-order valence-electron chi connectivity index (χ4n) is 12.7. The van der Waals surface area contributed by atoms with Crippen LogP contribution in [0.5, 0.6) is 5.75 Å². The van der Waals surface area contributed by atoms with Gasteiger partial charge in [0.1, 0.15) is 29.9 Å². The molecule has 4 atom stereocenters. The van der Waals surface area contributed by atoms with Crippen LogP contribution < -0.4 is 47.3 Å². The lowest BCUT2D eigenvalue weighted by molar-refractivity contribution is -0.140. The topological polar surface area (TPSA) is 462 Å². The van der Waals surface area contributed by atoms with Crippen molar-refractivity contribution in [2.24, 2.45) is 11.8 Å². The summed E-state index contributed by atoms with van der Waals surface area (Å²) in [5.41, 5.74) is 1.84. The van der Waals surface area contributed by atoms with E-state index in [2.05, 4.69) is 48.6 Å². The molecule has 0 aromatic heterocycles. The Balaban J connectivity index is 1.05. The number of carbonyl (C=O) groups is 13. The number of hydrogen-bond donors (Lipinski definition) is 14. The van der Waals surface area contributed by atoms with Crippen LogP contribution in [-0.2, 0) is 70.4 Å². The van der Waals surface area contributed by atoms with Gasteiger partial charge in [-0.25, -0.2) is 14.4 Å². The van der Waals surface area contributed by atoms with Gasteiger partial charge in [-0.15, -0.1) is 11.8 Å². The molecule has 0 bridgehead atoms. The number of rotatable bonds is 42. The Labute approximate surface area is 612 Å². The maximum atomic E-state index is 14.4. The molecule has 0 radical (unpaired) electrons. The molecule has 0 unspecified atom stereocenters. The molecule has 105 heavy (non-hydrogen) atoms. The monoisotopic (exact) mass is 1480 g/mol. The summed E-state index contributed by atoms with van der Waals surface area (Å²) in [6.45, 7) is 0.798. The van der Waals surface area contributed by atoms with Crippen LogP contribution in [0.4, 0.5) is 4.79 Å². The summed E-state index contributed by atoms with van der Waals surface area (Å²) in [5, 5.41) is 82.4. The SMILES string of the molecule is COc1ccc(CCCC(=O)NCC(=O)N[C@@H](CCCCNC(=O)CN2CCN(CC(=O)O)CCN(CC(=O)O)CCN(CC(=O)O)CC2)C(=O)NCC2CCC(C(=O)N[C@@H](Cc3c4ccccc4cc4ccccc34)C(=O)NCCCC[C@H](NC(=O)N[C@@H](CSCC(=O)O)C(=O)O)C(=O)O)CC2)cc1. The minimum Gasteiger partial charge on any atom is -0.497 e. The molecule has 2 aliphatic rings. The van der Waals surface area contributed by atoms with Crippen LogP contribution in [0.15, 0.2) is 78.9 Å². The van der Waals surface area contributed by atoms with Gasteiger partial charge in [-0.05, 0) is 134 Å². The van der Waals surface area contributed by atoms with E-state index in [1.165, 1.54) is 0 Å². The number of methoxy groups -OCH3 is 1. The molecule has 0 spiro atoms. The molecular formula is C72H100N12O20S. The highest BCUT2D eigenvalue weighted by Crippen LogP contribution is 2.32. The van der Waals surface area contributed by atoms with Crippen molar-refractivity contribution in [1.29, 1.82) is 0 Å². The van der Waals surface area contributed by atoms with Gasteiger partial charge in [0.15, 0.2) is 0 Å². The quantitative estimate of drug-likeness (QED) is 0.0221. The number of carboxylic acids is 6. The van der Waals surface area contributed by atoms with Crippen molar-refractivity contribution in [3.8, 4) is 5.75 Å². The van der Waals surface area contributed by atoms with Gasteiger partial charge < -0.3 is 77.9 Å². The lowest BCUT2D eigenvalue weighted by Crippen LogP contribution is -2.52. The molecule has 8 amide bonds. The lowest BCUT2D eigenvalue weighted by Gasteiger charge is -2.32. The third-order valence-electron chi connectivity index (χ3n) is 18.4. The molecule has 574 valence electrons. The molecule has 32 nitrogen and oxygen atoms in total. The summed E-state index contributed by atoms with van der Waals surface area (Å²) in [5.74, 6) is -10.4. The Hall–Kier alpha value is -9.70. The predicted octanol–water partition coefficient (Wildman–Crippen LogP) is 1.65. The van der Waals surface area contributed by atoms with Crippen molar-refractivity contribution in [1.82, 2.24) is 62.1 Å². The van der Waals surface area contributed by atoms with Gasteiger partial charge in [0.2, 0.25) is 35.4 Å². The number of urea groups is 1. The largest absolute Gasteiger partial charge is 0.497 e. The van der Waals surface area contributed by atoms with E-state index < -0.39 is 102 Å². The van der Waals surface area contributed by atoms with Gasteiger partial charge in [0.05, 0.1) is 45.6 Å². The second kappa shape index (κ2) is 44.8. The number of carboxylic acid groups (broad SMARTS) is 6. The van der Waals surface area contributed by atoms with Crippen molar-refractivity contribution in [2.45, 2.75) is 114 Å². The number of hydrogen-bond acceptors (Lipinski definition) is 19. The van der Waals surface area contributed by atoms with E-state index in [1.54, 1.807) is 26.7 Å². The molecule has 14 N–H and O–H groups in total. The van der Waals surface area contributed by atoms with E-state index in [0.717, 1.165) is 44.4 Å². The number of thioether (sulfide) groups is 1. The number of nitrogens with zero attached hydrogens (tertiary/aromatic N) is 4. The van der Waals surface area contributed by atoms with Gasteiger partial charge in [0, 0.05) is 96.5 Å². The normalized spacial score (nSPS) is 16.8. The van der Waals surface area contributed by atoms with Gasteiger partial charge >= 0.3 is 41.8 Å². The number of amides is 8. The summed E-state index contributed by atoms with van der Waals surface area (Å²) in [6.07, 6.45) is 4.50. The van der Waals surface area contributed by atoms with Crippen LogP contribution >= 0.6 is 11.8 Å². The molecule has 1 aliphatic carbocycles. The number of unbranched alkanes of at least 4 members (excludes halogenated alkanes) is 2. The molecule has 33 heteroatoms. The van der Waals surface area contributed by atoms with E-state index in [9.17, 15) is 87.9 Å². The Morgan fingerprint density at radius 3 is 1.52 bits per heavy atom. The summed E-state index contributed by atoms with van der Waals surface area (Å²) in [4.78, 5) is 172. The van der Waals surface area contributed by atoms with Crippen LogP contribution in [0.3, 0.4) is 0 Å². The highest BCUT2D eigenvalue weighted by molar-refractivity contribution is 8.00. The zero-order valence-corrected chi connectivity index (χ0v) is 60.0. The molecule has 4 aromatic rings. The van der Waals surface area contributed by atoms with E-state index in [-0.39, 0.29) is 166 Å². The minimum absolute atomic E-state index is 0.0621. The summed E-state index contributed by atoms with van der Waals surface area (Å²) in [7, 11) is 1.57. The lowest BCUT2D eigenvalue weighted by atomic mass is 9.81. The minimum atomic E-state index is -1.50. The van der Waals surface area contributed by atoms with Crippen molar-refractivity contribution < 1.29 is 97.7 Å². The maximum absolute atomic E-state index is 14.4. The van der Waals surface area contributed by atoms with E-state index >= 15 is 0 Å². The van der Waals surface area contributed by atoms with Crippen molar-refractivity contribution in [2.75, 3.05) is 123 Å². The molecule has 4 aromatic carbocycles. The molecular weight excluding hydrogens is 1380 g/mol. The molecule has 1 aliphatic heterocycles. The van der Waals surface area contributed by atoms with Crippen molar-refractivity contribution in [3.63, 3.8) is 0 Å². The third-order valence-corrected chi connectivity index (χ3v) is 19.4. The second-order valence-electron chi connectivity index (χ2n) is 26.4. The number of fused-ring (bicyclic) bond motifs is 2. The fraction of sp³-hybridized carbons (Fsp3) is 0.542. The smallest absolute Gasteiger partial charge is 0.327 e. The predicted molar refractivity (Wildman–Crippen MR) is 388 cm³/mol. The van der Waals surface area contributed by atoms with Gasteiger partial charge in [-0.1, -0.05) is 60.7 Å². The first kappa shape index (κ1) is 84.2. The zero-order valence-electron chi connectivity index (χ0n) is 59.2. The Morgan fingerprint density at radius 1 is 0.495 bits per heavy atom. The third kappa shape index (κ3) is 31.3. The van der Waals surface area contributed by atoms with E-state index in [1.807, 2.05) is 72.8 Å². The number of nitrogens with one attached hydrogen (secondary N) is 8. The molecule has 6 rings (SSSR count). The van der Waals surface area contributed by atoms with E-state index in [0.29, 0.717) is 57.1 Å². The van der Waals surface area contributed by atoms with Crippen molar-refractivity contribution in [3.05, 3.63) is 90.0 Å². The number of benzene rings is 4. The van der Waals surface area contributed by atoms with Crippen LogP contribution in [0.2, 0.25) is 0 Å². The van der Waals surface area contributed by atoms with Crippen molar-refractivity contribution >= 4 is 111 Å². The number of aliphatic carboxylic acids is 6. The van der Waals surface area contributed by atoms with Crippen LogP contribution in [0.1, 0.15) is 88.2 Å². The van der Waals surface area contributed by atoms with Crippen LogP contribution in [0, 0.1) is 11.8 Å². The highest BCUT2D eigenvalue weighted by Gasteiger charge is 2.33. The maximum Gasteiger partial charge on any atom is 0.327 e. The van der Waals surface area contributed by atoms with Gasteiger partial charge in [-0.3, -0.25) is 67.5 Å². The van der Waals surface area contributed by atoms with Gasteiger partial charge in [0.25, 0.3) is 0 Å². The van der Waals surface area contributed by atoms with Gasteiger partial charge in [-0.2, -0.15) is 0 Å². The first-order valence-corrected chi connectivity index (χ1v) is 36.6. The van der Waals surface area contributed by atoms with Crippen LogP contribution in [0.25, 0.3) is 21.5 Å². The standard InChI is InChI=1S/C72H100N12O20S/c1-104-52-25-21-47(22-26-52)11-10-18-60(85)75-40-61(86)77-56(16-6-8-27-73-62(87)41-81-29-31-82(42-63(88)89)33-35-84(44-65(92)93)36-34-83(32-30-81)43-64(90)91)68(97)76-39-48-19-23-49(24-20-48)67(96)78-58(38-55-53-14-4-2-12-50(53)37-51-13-3-5-15-54(51)55)69(98)74-28-9-7-17-57(70(99)100)79-72(103)80-59(71(101)102)45-105-46-66(94)95/h2-5,12-15,21-22,25-26,37,48-49,56-59H,6-11,16-20,23-24,27-36,38-46H2,1H3,(H,73,87)(H,74,98)(H,75,85)(H,76,97)(H,77,86)(H,78,96)(H,88,89)(H,90,91)(H,92,93)(H,94,95)(H,99,100)(H,101,102)(H2,79,80,103)/t48?,49?,56-,57-,58-,59-/m0/s1. The molecule has 1 saturated carbocycles. The summed E-state index contributed by atoms with van der Waals surface area (Å²) in [6, 6.07) is 18.8. The average Bonchev–Trinajstić information content (AvgIpc) is 0.773. The second-order valence-corrected chi connectivity index (χ2v) is 27.4. The zero-order chi connectivity index (χ0) is 76.2. The first-order chi connectivity index (χ1) is 50.3. The number of carbonyl (C=O) groups excluding carboxylic acids is 7. The van der Waals surface area contributed by atoms with Crippen LogP contribution in [-0.4, -0.2) is 275 Å². The summed E-state index contributed by atoms with van der Waals surface area (Å²) >= 11 is 0.761. The number of ether oxygens (including phenoxy) is 1. The Bertz CT molecular complexity index is 3510. The molecule has 1 heterocycles. The molecule has 1 saturated heterocycles. The summed E-state index contributed by atoms with van der Waals surface area (Å²) < 4.78 is 5.22. The van der Waals surface area contributed by atoms with E-state index in [4.69, 9.17) is 9.84 Å². The first-order valence-electron chi connectivity index (χ1n) is 35.4. The number of aryl methyl sites for hydroxylation is 1. The average molecular weight is 1490 g/mol. The Morgan fingerprint density at radius 2 is 1.00 bits per heavy atom. The fourth-order valence-corrected chi connectivity index (χ4v) is 13.4.